The molecule has 0 N–H and O–H groups in total. The Morgan fingerprint density at radius 1 is 0.906 bits per heavy atom. The van der Waals surface area contributed by atoms with Crippen molar-refractivity contribution in [3.63, 3.8) is 0 Å². The average Bonchev–Trinajstić information content (AvgIpc) is 3.08. The highest BCUT2D eigenvalue weighted by molar-refractivity contribution is 6.16. The molecular weight excluding hydrogens is 390 g/mol. The lowest BCUT2D eigenvalue weighted by molar-refractivity contribution is 0.410. The van der Waals surface area contributed by atoms with Gasteiger partial charge in [-0.05, 0) is 59.7 Å². The van der Waals surface area contributed by atoms with E-state index in [-0.39, 0.29) is 10.8 Å². The van der Waals surface area contributed by atoms with Crippen LogP contribution in [0.15, 0.2) is 59.0 Å². The van der Waals surface area contributed by atoms with Crippen molar-refractivity contribution in [3.8, 4) is 11.3 Å². The molecule has 0 aliphatic heterocycles. The third kappa shape index (κ3) is 2.68. The molecule has 2 nitrogen and oxygen atoms in total. The Balaban J connectivity index is 1.79. The molecule has 0 radical (unpaired) electrons. The van der Waals surface area contributed by atoms with Gasteiger partial charge in [0.1, 0.15) is 11.2 Å². The largest absolute Gasteiger partial charge is 0.456 e. The minimum atomic E-state index is -0.200. The predicted octanol–water partition coefficient (Wildman–Crippen LogP) is 8.34. The van der Waals surface area contributed by atoms with Gasteiger partial charge in [-0.3, -0.25) is 0 Å². The summed E-state index contributed by atoms with van der Waals surface area (Å²) in [6, 6.07) is 19.9. The summed E-state index contributed by atoms with van der Waals surface area (Å²) in [5.74, 6) is 0. The quantitative estimate of drug-likeness (QED) is 0.273. The Morgan fingerprint density at radius 3 is 2.50 bits per heavy atom. The number of hydrogen-bond donors (Lipinski definition) is 0. The minimum Gasteiger partial charge on any atom is -0.456 e. The van der Waals surface area contributed by atoms with E-state index in [1.165, 1.54) is 44.0 Å². The molecule has 32 heavy (non-hydrogen) atoms. The molecule has 0 saturated carbocycles. The molecular formula is C30H29NO. The molecule has 0 atom stereocenters. The number of furan rings is 1. The Bertz CT molecular complexity index is 1560. The molecule has 5 aromatic rings. The molecule has 0 fully saturated rings. The zero-order valence-electron chi connectivity index (χ0n) is 19.8. The zero-order valence-corrected chi connectivity index (χ0v) is 19.8. The van der Waals surface area contributed by atoms with E-state index >= 15 is 0 Å². The van der Waals surface area contributed by atoms with Crippen molar-refractivity contribution in [1.29, 1.82) is 0 Å². The maximum absolute atomic E-state index is 6.57. The SMILES string of the molecule is Cc1ccc2nc3c(cc2c1)C(C)(C)c1ccc(CC(C)(C)C)c2oc4cccc-3c4c12. The summed E-state index contributed by atoms with van der Waals surface area (Å²) in [4.78, 5) is 5.23. The summed E-state index contributed by atoms with van der Waals surface area (Å²) in [6.45, 7) is 13.7. The van der Waals surface area contributed by atoms with E-state index in [1.54, 1.807) is 0 Å². The fourth-order valence-electron chi connectivity index (χ4n) is 5.53. The third-order valence-electron chi connectivity index (χ3n) is 7.02. The Labute approximate surface area is 189 Å². The van der Waals surface area contributed by atoms with Crippen LogP contribution in [0, 0.1) is 12.3 Å². The second-order valence-electron chi connectivity index (χ2n) is 11.2. The van der Waals surface area contributed by atoms with E-state index < -0.39 is 0 Å². The number of fused-ring (bicyclic) bond motifs is 3. The van der Waals surface area contributed by atoms with Gasteiger partial charge in [0.25, 0.3) is 0 Å². The molecule has 1 aliphatic rings. The highest BCUT2D eigenvalue weighted by atomic mass is 16.3. The standard InChI is InChI=1S/C30H29NO/c1-17-10-13-23-19(14-17)15-22-27(31-23)20-8-7-9-24-25(20)26-21(30(22,5)6)12-11-18(28(26)32-24)16-29(2,3)4/h7-15H,16H2,1-6H3. The van der Waals surface area contributed by atoms with E-state index in [2.05, 4.69) is 96.1 Å². The van der Waals surface area contributed by atoms with Crippen LogP contribution in [-0.2, 0) is 11.8 Å². The summed E-state index contributed by atoms with van der Waals surface area (Å²) < 4.78 is 6.57. The maximum atomic E-state index is 6.57. The number of benzene rings is 3. The lowest BCUT2D eigenvalue weighted by atomic mass is 9.75. The van der Waals surface area contributed by atoms with Gasteiger partial charge in [-0.15, -0.1) is 0 Å². The lowest BCUT2D eigenvalue weighted by Crippen LogP contribution is -2.20. The second-order valence-corrected chi connectivity index (χ2v) is 11.2. The summed E-state index contributed by atoms with van der Waals surface area (Å²) in [5.41, 5.74) is 10.4. The molecule has 2 aromatic heterocycles. The number of rotatable bonds is 1. The molecule has 2 heteroatoms. The van der Waals surface area contributed by atoms with Crippen molar-refractivity contribution in [1.82, 2.24) is 4.98 Å². The van der Waals surface area contributed by atoms with Gasteiger partial charge in [0.2, 0.25) is 0 Å². The zero-order chi connectivity index (χ0) is 22.4. The number of aryl methyl sites for hydroxylation is 1. The van der Waals surface area contributed by atoms with Crippen molar-refractivity contribution in [2.24, 2.45) is 5.41 Å². The van der Waals surface area contributed by atoms with Crippen LogP contribution in [0.2, 0.25) is 0 Å². The van der Waals surface area contributed by atoms with E-state index in [4.69, 9.17) is 9.40 Å². The van der Waals surface area contributed by atoms with Crippen molar-refractivity contribution in [2.75, 3.05) is 0 Å². The van der Waals surface area contributed by atoms with Gasteiger partial charge in [-0.25, -0.2) is 4.98 Å². The average molecular weight is 420 g/mol. The van der Waals surface area contributed by atoms with Gasteiger partial charge < -0.3 is 4.42 Å². The molecule has 6 rings (SSSR count). The lowest BCUT2D eigenvalue weighted by Gasteiger charge is -2.28. The van der Waals surface area contributed by atoms with E-state index in [0.29, 0.717) is 0 Å². The number of aromatic nitrogens is 1. The van der Waals surface area contributed by atoms with Gasteiger partial charge >= 0.3 is 0 Å². The van der Waals surface area contributed by atoms with E-state index in [9.17, 15) is 0 Å². The van der Waals surface area contributed by atoms with Crippen LogP contribution in [0.5, 0.6) is 0 Å². The normalized spacial score (nSPS) is 14.9. The van der Waals surface area contributed by atoms with Crippen LogP contribution >= 0.6 is 0 Å². The monoisotopic (exact) mass is 419 g/mol. The summed E-state index contributed by atoms with van der Waals surface area (Å²) in [6.07, 6.45) is 0.980. The van der Waals surface area contributed by atoms with E-state index in [1.807, 2.05) is 0 Å². The second kappa shape index (κ2) is 6.22. The summed E-state index contributed by atoms with van der Waals surface area (Å²) in [7, 11) is 0. The van der Waals surface area contributed by atoms with Gasteiger partial charge in [0.15, 0.2) is 0 Å². The predicted molar refractivity (Wildman–Crippen MR) is 134 cm³/mol. The van der Waals surface area contributed by atoms with Crippen LogP contribution in [-0.4, -0.2) is 4.98 Å². The summed E-state index contributed by atoms with van der Waals surface area (Å²) >= 11 is 0. The topological polar surface area (TPSA) is 26.0 Å². The van der Waals surface area contributed by atoms with Gasteiger partial charge in [0, 0.05) is 27.1 Å². The fraction of sp³-hybridized carbons (Fsp3) is 0.300. The van der Waals surface area contributed by atoms with Crippen LogP contribution in [0.1, 0.15) is 56.9 Å². The number of pyridine rings is 1. The van der Waals surface area contributed by atoms with Crippen LogP contribution < -0.4 is 0 Å². The summed E-state index contributed by atoms with van der Waals surface area (Å²) in [5, 5.41) is 3.68. The molecule has 3 aromatic carbocycles. The molecule has 0 bridgehead atoms. The Morgan fingerprint density at radius 2 is 1.72 bits per heavy atom. The van der Waals surface area contributed by atoms with E-state index in [0.717, 1.165) is 28.8 Å². The number of hydrogen-bond acceptors (Lipinski definition) is 2. The minimum absolute atomic E-state index is 0.187. The third-order valence-corrected chi connectivity index (χ3v) is 7.02. The van der Waals surface area contributed by atoms with Crippen LogP contribution in [0.4, 0.5) is 0 Å². The van der Waals surface area contributed by atoms with Crippen molar-refractivity contribution < 1.29 is 4.42 Å². The van der Waals surface area contributed by atoms with Crippen molar-refractivity contribution in [2.45, 2.75) is 53.4 Å². The van der Waals surface area contributed by atoms with Crippen LogP contribution in [0.25, 0.3) is 44.1 Å². The van der Waals surface area contributed by atoms with Crippen LogP contribution in [0.3, 0.4) is 0 Å². The van der Waals surface area contributed by atoms with Gasteiger partial charge in [0.05, 0.1) is 11.2 Å². The van der Waals surface area contributed by atoms with Gasteiger partial charge in [-0.1, -0.05) is 70.5 Å². The van der Waals surface area contributed by atoms with Crippen molar-refractivity contribution >= 4 is 32.8 Å². The first-order valence-corrected chi connectivity index (χ1v) is 11.5. The molecule has 1 aliphatic carbocycles. The smallest absolute Gasteiger partial charge is 0.138 e. The highest BCUT2D eigenvalue weighted by Crippen LogP contribution is 2.50. The first kappa shape index (κ1) is 19.5. The molecule has 0 unspecified atom stereocenters. The highest BCUT2D eigenvalue weighted by Gasteiger charge is 2.35. The van der Waals surface area contributed by atoms with Gasteiger partial charge in [-0.2, -0.15) is 0 Å². The Hall–Kier alpha value is -3.13. The Kier molecular flexibility index (Phi) is 3.80. The fourth-order valence-corrected chi connectivity index (χ4v) is 5.53. The number of nitrogens with zero attached hydrogens (tertiary/aromatic N) is 1. The maximum Gasteiger partial charge on any atom is 0.138 e. The molecule has 0 amide bonds. The molecule has 0 saturated heterocycles. The molecule has 0 spiro atoms. The van der Waals surface area contributed by atoms with Crippen molar-refractivity contribution in [3.05, 3.63) is 76.9 Å². The molecule has 160 valence electrons. The first-order valence-electron chi connectivity index (χ1n) is 11.5. The molecule has 2 heterocycles. The first-order chi connectivity index (χ1) is 15.1.